The number of carbonyl (C=O) groups is 1. The van der Waals surface area contributed by atoms with Gasteiger partial charge in [0.25, 0.3) is 0 Å². The van der Waals surface area contributed by atoms with Crippen molar-refractivity contribution in [3.8, 4) is 0 Å². The summed E-state index contributed by atoms with van der Waals surface area (Å²) in [5.41, 5.74) is 0. The van der Waals surface area contributed by atoms with Crippen LogP contribution in [0.15, 0.2) is 22.8 Å². The third kappa shape index (κ3) is 3.67. The number of aryl methyl sites for hydroxylation is 1. The van der Waals surface area contributed by atoms with Gasteiger partial charge in [-0.05, 0) is 25.5 Å². The Bertz CT molecular complexity index is 664. The monoisotopic (exact) mass is 331 g/mol. The molecule has 3 rings (SSSR count). The van der Waals surface area contributed by atoms with Gasteiger partial charge in [0.15, 0.2) is 5.82 Å². The van der Waals surface area contributed by atoms with Crippen LogP contribution in [0, 0.1) is 12.8 Å². The number of furan rings is 1. The molecule has 1 aliphatic heterocycles. The molecule has 2 aromatic rings. The predicted octanol–water partition coefficient (Wildman–Crippen LogP) is 2.14. The van der Waals surface area contributed by atoms with E-state index in [-0.39, 0.29) is 17.9 Å². The van der Waals surface area contributed by atoms with E-state index in [1.807, 2.05) is 37.8 Å². The molecule has 1 N–H and O–H groups in total. The van der Waals surface area contributed by atoms with Gasteiger partial charge in [0.05, 0.1) is 12.8 Å². The van der Waals surface area contributed by atoms with Gasteiger partial charge >= 0.3 is 0 Å². The standard InChI is InChI=1S/C17H25N5O2/c1-12(2)17(23)22-8-5-7-21(10-14-6-4-9-24-14)11-15(22)16-18-13(3)19-20-16/h4,6,9,12,15H,5,7-8,10-11H2,1-3H3,(H,18,19,20). The van der Waals surface area contributed by atoms with Crippen molar-refractivity contribution in [3.05, 3.63) is 35.8 Å². The summed E-state index contributed by atoms with van der Waals surface area (Å²) < 4.78 is 5.48. The molecule has 0 spiro atoms. The highest BCUT2D eigenvalue weighted by molar-refractivity contribution is 5.78. The normalized spacial score (nSPS) is 19.7. The Morgan fingerprint density at radius 3 is 2.92 bits per heavy atom. The fourth-order valence-electron chi connectivity index (χ4n) is 3.15. The number of rotatable bonds is 4. The maximum atomic E-state index is 12.7. The molecular formula is C17H25N5O2. The van der Waals surface area contributed by atoms with Crippen molar-refractivity contribution < 1.29 is 9.21 Å². The van der Waals surface area contributed by atoms with E-state index in [1.54, 1.807) is 6.26 Å². The van der Waals surface area contributed by atoms with Gasteiger partial charge in [-0.25, -0.2) is 4.98 Å². The molecular weight excluding hydrogens is 306 g/mol. The van der Waals surface area contributed by atoms with Crippen molar-refractivity contribution in [2.45, 2.75) is 39.8 Å². The van der Waals surface area contributed by atoms with Gasteiger partial charge in [-0.15, -0.1) is 0 Å². The van der Waals surface area contributed by atoms with Crippen LogP contribution in [0.25, 0.3) is 0 Å². The van der Waals surface area contributed by atoms with E-state index in [1.165, 1.54) is 0 Å². The molecule has 2 aromatic heterocycles. The fraction of sp³-hybridized carbons (Fsp3) is 0.588. The highest BCUT2D eigenvalue weighted by Crippen LogP contribution is 2.25. The zero-order chi connectivity index (χ0) is 17.1. The molecule has 1 atom stereocenters. The first kappa shape index (κ1) is 16.7. The molecule has 1 fully saturated rings. The summed E-state index contributed by atoms with van der Waals surface area (Å²) in [5.74, 6) is 2.51. The number of hydrogen-bond acceptors (Lipinski definition) is 5. The first-order chi connectivity index (χ1) is 11.5. The third-order valence-electron chi connectivity index (χ3n) is 4.33. The Morgan fingerprint density at radius 2 is 2.29 bits per heavy atom. The van der Waals surface area contributed by atoms with Crippen LogP contribution in [0.4, 0.5) is 0 Å². The Labute approximate surface area is 142 Å². The molecule has 7 nitrogen and oxygen atoms in total. The van der Waals surface area contributed by atoms with E-state index in [2.05, 4.69) is 20.1 Å². The largest absolute Gasteiger partial charge is 0.468 e. The minimum Gasteiger partial charge on any atom is -0.468 e. The minimum absolute atomic E-state index is 0.0378. The Morgan fingerprint density at radius 1 is 1.46 bits per heavy atom. The van der Waals surface area contributed by atoms with Crippen LogP contribution in [0.2, 0.25) is 0 Å². The van der Waals surface area contributed by atoms with E-state index in [0.717, 1.165) is 37.6 Å². The van der Waals surface area contributed by atoms with E-state index in [0.29, 0.717) is 12.4 Å². The van der Waals surface area contributed by atoms with Crippen molar-refractivity contribution in [2.75, 3.05) is 19.6 Å². The van der Waals surface area contributed by atoms with Gasteiger partial charge in [0.2, 0.25) is 5.91 Å². The summed E-state index contributed by atoms with van der Waals surface area (Å²) >= 11 is 0. The number of H-pyrrole nitrogens is 1. The Kier molecular flexibility index (Phi) is 4.99. The number of aromatic amines is 1. The molecule has 1 aliphatic rings. The molecule has 3 heterocycles. The molecule has 1 unspecified atom stereocenters. The SMILES string of the molecule is Cc1nc(C2CN(Cc3ccco3)CCCN2C(=O)C(C)C)n[nH]1. The van der Waals surface area contributed by atoms with Crippen LogP contribution in [0.5, 0.6) is 0 Å². The molecule has 7 heteroatoms. The van der Waals surface area contributed by atoms with Gasteiger partial charge in [-0.1, -0.05) is 13.8 Å². The van der Waals surface area contributed by atoms with Crippen LogP contribution in [0.1, 0.15) is 43.7 Å². The van der Waals surface area contributed by atoms with Gasteiger partial charge in [0, 0.05) is 25.6 Å². The van der Waals surface area contributed by atoms with Crippen LogP contribution in [-0.2, 0) is 11.3 Å². The van der Waals surface area contributed by atoms with Crippen LogP contribution in [0.3, 0.4) is 0 Å². The van der Waals surface area contributed by atoms with Gasteiger partial charge in [-0.2, -0.15) is 5.10 Å². The lowest BCUT2D eigenvalue weighted by Crippen LogP contribution is -2.41. The number of nitrogens with one attached hydrogen (secondary N) is 1. The lowest BCUT2D eigenvalue weighted by molar-refractivity contribution is -0.137. The second-order valence-corrected chi connectivity index (χ2v) is 6.65. The Hall–Kier alpha value is -2.15. The highest BCUT2D eigenvalue weighted by atomic mass is 16.3. The van der Waals surface area contributed by atoms with Crippen molar-refractivity contribution >= 4 is 5.91 Å². The number of hydrogen-bond donors (Lipinski definition) is 1. The van der Waals surface area contributed by atoms with Crippen molar-refractivity contribution in [3.63, 3.8) is 0 Å². The zero-order valence-corrected chi connectivity index (χ0v) is 14.5. The van der Waals surface area contributed by atoms with Crippen LogP contribution < -0.4 is 0 Å². The molecule has 0 radical (unpaired) electrons. The van der Waals surface area contributed by atoms with E-state index in [9.17, 15) is 4.79 Å². The molecule has 0 aromatic carbocycles. The molecule has 0 aliphatic carbocycles. The van der Waals surface area contributed by atoms with Crippen molar-refractivity contribution in [2.24, 2.45) is 5.92 Å². The minimum atomic E-state index is -0.137. The molecule has 0 bridgehead atoms. The van der Waals surface area contributed by atoms with Gasteiger partial charge in [0.1, 0.15) is 17.6 Å². The first-order valence-electron chi connectivity index (χ1n) is 8.48. The lowest BCUT2D eigenvalue weighted by Gasteiger charge is -2.31. The topological polar surface area (TPSA) is 78.3 Å². The van der Waals surface area contributed by atoms with Gasteiger partial charge < -0.3 is 9.32 Å². The second kappa shape index (κ2) is 7.17. The molecule has 1 saturated heterocycles. The van der Waals surface area contributed by atoms with Crippen molar-refractivity contribution in [1.82, 2.24) is 25.0 Å². The van der Waals surface area contributed by atoms with E-state index in [4.69, 9.17) is 4.42 Å². The fourth-order valence-corrected chi connectivity index (χ4v) is 3.15. The van der Waals surface area contributed by atoms with Crippen molar-refractivity contribution in [1.29, 1.82) is 0 Å². The highest BCUT2D eigenvalue weighted by Gasteiger charge is 2.33. The maximum absolute atomic E-state index is 12.7. The number of aromatic nitrogens is 3. The maximum Gasteiger partial charge on any atom is 0.225 e. The van der Waals surface area contributed by atoms with Crippen LogP contribution in [-0.4, -0.2) is 50.5 Å². The van der Waals surface area contributed by atoms with Crippen LogP contribution >= 0.6 is 0 Å². The third-order valence-corrected chi connectivity index (χ3v) is 4.33. The number of amides is 1. The number of nitrogens with zero attached hydrogens (tertiary/aromatic N) is 4. The summed E-state index contributed by atoms with van der Waals surface area (Å²) in [6.45, 7) is 8.84. The summed E-state index contributed by atoms with van der Waals surface area (Å²) in [7, 11) is 0. The summed E-state index contributed by atoms with van der Waals surface area (Å²) in [5, 5.41) is 7.22. The lowest BCUT2D eigenvalue weighted by atomic mass is 10.1. The summed E-state index contributed by atoms with van der Waals surface area (Å²) in [4.78, 5) is 21.4. The molecule has 130 valence electrons. The van der Waals surface area contributed by atoms with Gasteiger partial charge in [-0.3, -0.25) is 14.8 Å². The van der Waals surface area contributed by atoms with E-state index >= 15 is 0 Å². The molecule has 1 amide bonds. The average Bonchev–Trinajstić information content (AvgIpc) is 3.15. The summed E-state index contributed by atoms with van der Waals surface area (Å²) in [6, 6.07) is 3.74. The smallest absolute Gasteiger partial charge is 0.225 e. The first-order valence-corrected chi connectivity index (χ1v) is 8.48. The number of carbonyl (C=O) groups excluding carboxylic acids is 1. The average molecular weight is 331 g/mol. The zero-order valence-electron chi connectivity index (χ0n) is 14.5. The predicted molar refractivity (Wildman–Crippen MR) is 89.0 cm³/mol. The van der Waals surface area contributed by atoms with E-state index < -0.39 is 0 Å². The second-order valence-electron chi connectivity index (χ2n) is 6.65. The summed E-state index contributed by atoms with van der Waals surface area (Å²) in [6.07, 6.45) is 2.62. The quantitative estimate of drug-likeness (QED) is 0.928. The Balaban J connectivity index is 1.84. The molecule has 0 saturated carbocycles. The molecule has 24 heavy (non-hydrogen) atoms.